The van der Waals surface area contributed by atoms with Crippen LogP contribution in [-0.2, 0) is 17.9 Å². The zero-order valence-corrected chi connectivity index (χ0v) is 13.9. The first-order valence-corrected chi connectivity index (χ1v) is 8.29. The van der Waals surface area contributed by atoms with Crippen LogP contribution in [0, 0.1) is 11.8 Å². The molecule has 1 aromatic heterocycles. The summed E-state index contributed by atoms with van der Waals surface area (Å²) in [4.78, 5) is 19.1. The van der Waals surface area contributed by atoms with Crippen molar-refractivity contribution in [2.24, 2.45) is 11.8 Å². The number of aliphatic hydroxyl groups excluding tert-OH is 1. The van der Waals surface area contributed by atoms with Gasteiger partial charge >= 0.3 is 0 Å². The Labute approximate surface area is 142 Å². The van der Waals surface area contributed by atoms with Gasteiger partial charge in [0.1, 0.15) is 5.82 Å². The third-order valence-corrected chi connectivity index (χ3v) is 4.56. The first-order chi connectivity index (χ1) is 11.7. The molecule has 5 heteroatoms. The maximum atomic E-state index is 12.6. The van der Waals surface area contributed by atoms with Gasteiger partial charge in [-0.2, -0.15) is 0 Å². The monoisotopic (exact) mass is 325 g/mol. The fourth-order valence-electron chi connectivity index (χ4n) is 3.19. The van der Waals surface area contributed by atoms with Crippen molar-refractivity contribution >= 4 is 11.7 Å². The van der Waals surface area contributed by atoms with E-state index in [1.807, 2.05) is 42.5 Å². The molecule has 1 aliphatic heterocycles. The number of pyridine rings is 1. The highest BCUT2D eigenvalue weighted by Crippen LogP contribution is 2.26. The molecule has 2 aromatic rings. The molecule has 1 saturated heterocycles. The Hall–Kier alpha value is -2.40. The minimum absolute atomic E-state index is 0.0144. The number of nitrogens with one attached hydrogen (secondary N) is 1. The van der Waals surface area contributed by atoms with Crippen LogP contribution in [0.15, 0.2) is 48.7 Å². The molecule has 2 heterocycles. The van der Waals surface area contributed by atoms with Crippen molar-refractivity contribution in [3.8, 4) is 0 Å². The normalized spacial score (nSPS) is 20.2. The molecule has 0 unspecified atom stereocenters. The van der Waals surface area contributed by atoms with Crippen LogP contribution >= 0.6 is 0 Å². The van der Waals surface area contributed by atoms with Crippen molar-refractivity contribution in [3.05, 3.63) is 59.8 Å². The highest BCUT2D eigenvalue weighted by Gasteiger charge is 2.35. The number of carbonyl (C=O) groups is 1. The third kappa shape index (κ3) is 3.74. The van der Waals surface area contributed by atoms with E-state index >= 15 is 0 Å². The molecular weight excluding hydrogens is 302 g/mol. The Morgan fingerprint density at radius 1 is 1.25 bits per heavy atom. The number of hydrogen-bond acceptors (Lipinski definition) is 4. The van der Waals surface area contributed by atoms with Crippen LogP contribution < -0.4 is 10.2 Å². The number of rotatable bonds is 5. The van der Waals surface area contributed by atoms with Crippen molar-refractivity contribution < 1.29 is 9.90 Å². The number of anilines is 1. The van der Waals surface area contributed by atoms with Crippen LogP contribution in [0.1, 0.15) is 18.1 Å². The topological polar surface area (TPSA) is 65.5 Å². The fraction of sp³-hybridized carbons (Fsp3) is 0.368. The highest BCUT2D eigenvalue weighted by molar-refractivity contribution is 5.80. The van der Waals surface area contributed by atoms with Gasteiger partial charge in [-0.1, -0.05) is 37.3 Å². The fourth-order valence-corrected chi connectivity index (χ4v) is 3.19. The lowest BCUT2D eigenvalue weighted by Gasteiger charge is -2.17. The predicted molar refractivity (Wildman–Crippen MR) is 93.3 cm³/mol. The largest absolute Gasteiger partial charge is 0.392 e. The van der Waals surface area contributed by atoms with E-state index in [1.54, 1.807) is 6.20 Å². The van der Waals surface area contributed by atoms with Gasteiger partial charge in [-0.25, -0.2) is 4.98 Å². The number of benzene rings is 1. The van der Waals surface area contributed by atoms with Crippen molar-refractivity contribution in [2.75, 3.05) is 18.0 Å². The molecule has 0 radical (unpaired) electrons. The molecular formula is C19H23N3O2. The van der Waals surface area contributed by atoms with Gasteiger partial charge in [0, 0.05) is 25.8 Å². The van der Waals surface area contributed by atoms with Gasteiger partial charge in [0.2, 0.25) is 5.91 Å². The summed E-state index contributed by atoms with van der Waals surface area (Å²) in [5, 5.41) is 12.2. The van der Waals surface area contributed by atoms with Crippen LogP contribution in [0.2, 0.25) is 0 Å². The Morgan fingerprint density at radius 2 is 2.08 bits per heavy atom. The third-order valence-electron chi connectivity index (χ3n) is 4.56. The van der Waals surface area contributed by atoms with E-state index in [4.69, 9.17) is 0 Å². The van der Waals surface area contributed by atoms with Crippen molar-refractivity contribution in [3.63, 3.8) is 0 Å². The van der Waals surface area contributed by atoms with E-state index in [9.17, 15) is 9.90 Å². The van der Waals surface area contributed by atoms with Crippen LogP contribution in [0.25, 0.3) is 0 Å². The molecule has 2 N–H and O–H groups in total. The SMILES string of the molecule is C[C@@H]1CN(c2ccccn2)C[C@H]1C(=O)NCc1cccc(CO)c1. The quantitative estimate of drug-likeness (QED) is 0.882. The van der Waals surface area contributed by atoms with E-state index in [1.165, 1.54) is 0 Å². The first-order valence-electron chi connectivity index (χ1n) is 8.29. The zero-order valence-electron chi connectivity index (χ0n) is 13.9. The van der Waals surface area contributed by atoms with E-state index < -0.39 is 0 Å². The summed E-state index contributed by atoms with van der Waals surface area (Å²) in [6, 6.07) is 13.5. The Balaban J connectivity index is 1.59. The summed E-state index contributed by atoms with van der Waals surface area (Å²) in [7, 11) is 0. The molecule has 0 bridgehead atoms. The van der Waals surface area contributed by atoms with Gasteiger partial charge in [0.15, 0.2) is 0 Å². The van der Waals surface area contributed by atoms with Crippen molar-refractivity contribution in [2.45, 2.75) is 20.1 Å². The molecule has 1 aromatic carbocycles. The first kappa shape index (κ1) is 16.5. The summed E-state index contributed by atoms with van der Waals surface area (Å²) in [6.45, 7) is 4.15. The maximum Gasteiger partial charge on any atom is 0.225 e. The van der Waals surface area contributed by atoms with Crippen LogP contribution in [-0.4, -0.2) is 29.1 Å². The molecule has 1 aliphatic rings. The van der Waals surface area contributed by atoms with E-state index in [2.05, 4.69) is 22.1 Å². The summed E-state index contributed by atoms with van der Waals surface area (Å²) in [6.07, 6.45) is 1.78. The molecule has 24 heavy (non-hydrogen) atoms. The number of aliphatic hydroxyl groups is 1. The standard InChI is InChI=1S/C19H23N3O2/c1-14-11-22(18-7-2-3-8-20-18)12-17(14)19(24)21-10-15-5-4-6-16(9-15)13-23/h2-9,14,17,23H,10-13H2,1H3,(H,21,24)/t14-,17-/m1/s1. The molecule has 1 fully saturated rings. The van der Waals surface area contributed by atoms with Crippen LogP contribution in [0.5, 0.6) is 0 Å². The second-order valence-electron chi connectivity index (χ2n) is 6.37. The second kappa shape index (κ2) is 7.45. The number of hydrogen-bond donors (Lipinski definition) is 2. The van der Waals surface area contributed by atoms with Gasteiger partial charge in [0.25, 0.3) is 0 Å². The Morgan fingerprint density at radius 3 is 2.83 bits per heavy atom. The zero-order chi connectivity index (χ0) is 16.9. The lowest BCUT2D eigenvalue weighted by atomic mass is 9.97. The minimum Gasteiger partial charge on any atom is -0.392 e. The molecule has 5 nitrogen and oxygen atoms in total. The molecule has 3 rings (SSSR count). The van der Waals surface area contributed by atoms with Gasteiger partial charge in [-0.3, -0.25) is 4.79 Å². The summed E-state index contributed by atoms with van der Waals surface area (Å²) in [5.41, 5.74) is 1.86. The maximum absolute atomic E-state index is 12.6. The molecule has 1 amide bonds. The molecule has 0 aliphatic carbocycles. The number of carbonyl (C=O) groups excluding carboxylic acids is 1. The Kier molecular flexibility index (Phi) is 5.11. The number of nitrogens with zero attached hydrogens (tertiary/aromatic N) is 2. The number of aromatic nitrogens is 1. The van der Waals surface area contributed by atoms with Crippen molar-refractivity contribution in [1.82, 2.24) is 10.3 Å². The lowest BCUT2D eigenvalue weighted by Crippen LogP contribution is -2.34. The summed E-state index contributed by atoms with van der Waals surface area (Å²) < 4.78 is 0. The second-order valence-corrected chi connectivity index (χ2v) is 6.37. The molecule has 126 valence electrons. The van der Waals surface area contributed by atoms with Gasteiger partial charge in [0.05, 0.1) is 12.5 Å². The molecule has 0 saturated carbocycles. The predicted octanol–water partition coefficient (Wildman–Crippen LogP) is 1.96. The van der Waals surface area contributed by atoms with E-state index in [0.717, 1.165) is 23.5 Å². The van der Waals surface area contributed by atoms with Gasteiger partial charge < -0.3 is 15.3 Å². The number of amides is 1. The highest BCUT2D eigenvalue weighted by atomic mass is 16.3. The van der Waals surface area contributed by atoms with Crippen LogP contribution in [0.4, 0.5) is 5.82 Å². The lowest BCUT2D eigenvalue weighted by molar-refractivity contribution is -0.125. The Bertz CT molecular complexity index is 690. The molecule has 2 atom stereocenters. The summed E-state index contributed by atoms with van der Waals surface area (Å²) in [5.74, 6) is 1.26. The van der Waals surface area contributed by atoms with Gasteiger partial charge in [-0.15, -0.1) is 0 Å². The van der Waals surface area contributed by atoms with E-state index in [0.29, 0.717) is 13.1 Å². The van der Waals surface area contributed by atoms with Crippen molar-refractivity contribution in [1.29, 1.82) is 0 Å². The summed E-state index contributed by atoms with van der Waals surface area (Å²) >= 11 is 0. The smallest absolute Gasteiger partial charge is 0.225 e. The average Bonchev–Trinajstić information content (AvgIpc) is 3.02. The van der Waals surface area contributed by atoms with Crippen LogP contribution in [0.3, 0.4) is 0 Å². The average molecular weight is 325 g/mol. The van der Waals surface area contributed by atoms with E-state index in [-0.39, 0.29) is 24.3 Å². The molecule has 0 spiro atoms. The minimum atomic E-state index is -0.0342. The van der Waals surface area contributed by atoms with Gasteiger partial charge in [-0.05, 0) is 29.2 Å².